The zero-order valence-corrected chi connectivity index (χ0v) is 16.8. The summed E-state index contributed by atoms with van der Waals surface area (Å²) in [6.45, 7) is 3.28. The number of carbonyl (C=O) groups is 1. The molecule has 1 aliphatic rings. The summed E-state index contributed by atoms with van der Waals surface area (Å²) in [5.74, 6) is 0.526. The summed E-state index contributed by atoms with van der Waals surface area (Å²) in [5, 5.41) is 0. The van der Waals surface area contributed by atoms with Gasteiger partial charge in [0.25, 0.3) is 0 Å². The van der Waals surface area contributed by atoms with Crippen molar-refractivity contribution in [2.45, 2.75) is 25.8 Å². The Hall–Kier alpha value is -3.47. The van der Waals surface area contributed by atoms with Crippen molar-refractivity contribution in [1.82, 2.24) is 9.55 Å². The van der Waals surface area contributed by atoms with Gasteiger partial charge >= 0.3 is 0 Å². The highest BCUT2D eigenvalue weighted by molar-refractivity contribution is 5.96. The second kappa shape index (κ2) is 7.41. The molecule has 4 nitrogen and oxygen atoms in total. The van der Waals surface area contributed by atoms with E-state index in [1.807, 2.05) is 18.2 Å². The van der Waals surface area contributed by atoms with Gasteiger partial charge in [0.05, 0.1) is 11.0 Å². The molecule has 2 heterocycles. The van der Waals surface area contributed by atoms with Crippen LogP contribution in [0.3, 0.4) is 0 Å². The quantitative estimate of drug-likeness (QED) is 0.481. The molecule has 5 rings (SSSR count). The van der Waals surface area contributed by atoms with Crippen LogP contribution >= 0.6 is 0 Å². The molecule has 1 aromatic heterocycles. The fourth-order valence-corrected chi connectivity index (χ4v) is 4.34. The normalized spacial score (nSPS) is 16.5. The third-order valence-corrected chi connectivity index (χ3v) is 5.72. The molecular formula is C25H22FN3O. The maximum atomic E-state index is 13.7. The highest BCUT2D eigenvalue weighted by atomic mass is 19.1. The summed E-state index contributed by atoms with van der Waals surface area (Å²) in [7, 11) is 0. The van der Waals surface area contributed by atoms with Crippen LogP contribution in [0.4, 0.5) is 10.1 Å². The minimum Gasteiger partial charge on any atom is -0.323 e. The molecule has 0 N–H and O–H groups in total. The standard InChI is InChI=1S/C25H22FN3O/c1-17-6-4-7-18(12-17)15-29-23-11-3-2-10-22(23)27-25(29)19-13-24(30)28(16-19)21-9-5-8-20(26)14-21/h2-12,14,19H,13,15-16H2,1H3. The molecule has 4 aromatic rings. The highest BCUT2D eigenvalue weighted by Gasteiger charge is 2.35. The average Bonchev–Trinajstić information content (AvgIpc) is 3.29. The van der Waals surface area contributed by atoms with Gasteiger partial charge in [-0.15, -0.1) is 0 Å². The van der Waals surface area contributed by atoms with Crippen molar-refractivity contribution in [3.05, 3.63) is 95.6 Å². The molecule has 1 unspecified atom stereocenters. The van der Waals surface area contributed by atoms with Gasteiger partial charge in [0, 0.05) is 31.1 Å². The topological polar surface area (TPSA) is 38.1 Å². The molecule has 3 aromatic carbocycles. The SMILES string of the molecule is Cc1cccc(Cn2c(C3CC(=O)N(c4cccc(F)c4)C3)nc3ccccc32)c1. The summed E-state index contributed by atoms with van der Waals surface area (Å²) in [6.07, 6.45) is 0.369. The Morgan fingerprint density at radius 3 is 2.70 bits per heavy atom. The molecule has 1 fully saturated rings. The number of aryl methyl sites for hydroxylation is 1. The lowest BCUT2D eigenvalue weighted by Crippen LogP contribution is -2.24. The second-order valence-corrected chi connectivity index (χ2v) is 7.92. The monoisotopic (exact) mass is 399 g/mol. The van der Waals surface area contributed by atoms with Crippen molar-refractivity contribution in [3.8, 4) is 0 Å². The van der Waals surface area contributed by atoms with Gasteiger partial charge in [0.15, 0.2) is 0 Å². The number of hydrogen-bond donors (Lipinski definition) is 0. The molecule has 0 spiro atoms. The Morgan fingerprint density at radius 2 is 1.87 bits per heavy atom. The van der Waals surface area contributed by atoms with Gasteiger partial charge in [-0.05, 0) is 42.8 Å². The van der Waals surface area contributed by atoms with Crippen LogP contribution in [-0.2, 0) is 11.3 Å². The largest absolute Gasteiger partial charge is 0.323 e. The number of halogens is 1. The molecule has 1 amide bonds. The lowest BCUT2D eigenvalue weighted by molar-refractivity contribution is -0.117. The molecule has 1 aliphatic heterocycles. The fraction of sp³-hybridized carbons (Fsp3) is 0.200. The van der Waals surface area contributed by atoms with Crippen LogP contribution < -0.4 is 4.90 Å². The van der Waals surface area contributed by atoms with Crippen molar-refractivity contribution >= 4 is 22.6 Å². The number of carbonyl (C=O) groups excluding carboxylic acids is 1. The van der Waals surface area contributed by atoms with Crippen molar-refractivity contribution in [1.29, 1.82) is 0 Å². The zero-order chi connectivity index (χ0) is 20.7. The third-order valence-electron chi connectivity index (χ3n) is 5.72. The molecule has 0 aliphatic carbocycles. The number of hydrogen-bond acceptors (Lipinski definition) is 2. The Balaban J connectivity index is 1.53. The van der Waals surface area contributed by atoms with Gasteiger partial charge in [-0.25, -0.2) is 9.37 Å². The highest BCUT2D eigenvalue weighted by Crippen LogP contribution is 2.33. The van der Waals surface area contributed by atoms with Gasteiger partial charge in [0.2, 0.25) is 5.91 Å². The molecule has 1 atom stereocenters. The van der Waals surface area contributed by atoms with Crippen molar-refractivity contribution < 1.29 is 9.18 Å². The summed E-state index contributed by atoms with van der Waals surface area (Å²) in [4.78, 5) is 19.3. The minimum atomic E-state index is -0.338. The Bertz CT molecular complexity index is 1250. The second-order valence-electron chi connectivity index (χ2n) is 7.92. The van der Waals surface area contributed by atoms with E-state index in [-0.39, 0.29) is 17.6 Å². The molecular weight excluding hydrogens is 377 g/mol. The number of rotatable bonds is 4. The lowest BCUT2D eigenvalue weighted by Gasteiger charge is -2.17. The van der Waals surface area contributed by atoms with Gasteiger partial charge in [-0.2, -0.15) is 0 Å². The molecule has 150 valence electrons. The van der Waals surface area contributed by atoms with Crippen LogP contribution in [0, 0.1) is 12.7 Å². The first-order valence-corrected chi connectivity index (χ1v) is 10.1. The summed E-state index contributed by atoms with van der Waals surface area (Å²) >= 11 is 0. The summed E-state index contributed by atoms with van der Waals surface area (Å²) < 4.78 is 15.9. The van der Waals surface area contributed by atoms with Gasteiger partial charge in [-0.1, -0.05) is 48.0 Å². The predicted molar refractivity (Wildman–Crippen MR) is 116 cm³/mol. The van der Waals surface area contributed by atoms with E-state index in [2.05, 4.69) is 41.8 Å². The number of para-hydroxylation sites is 2. The lowest BCUT2D eigenvalue weighted by atomic mass is 10.1. The van der Waals surface area contributed by atoms with Gasteiger partial charge in [0.1, 0.15) is 11.6 Å². The number of fused-ring (bicyclic) bond motifs is 1. The van der Waals surface area contributed by atoms with Crippen LogP contribution in [0.5, 0.6) is 0 Å². The smallest absolute Gasteiger partial charge is 0.227 e. The van der Waals surface area contributed by atoms with E-state index in [0.29, 0.717) is 25.2 Å². The van der Waals surface area contributed by atoms with Crippen LogP contribution in [0.2, 0.25) is 0 Å². The molecule has 0 bridgehead atoms. The van der Waals surface area contributed by atoms with Crippen LogP contribution in [0.1, 0.15) is 29.3 Å². The Kier molecular flexibility index (Phi) is 4.58. The van der Waals surface area contributed by atoms with E-state index in [9.17, 15) is 9.18 Å². The van der Waals surface area contributed by atoms with E-state index in [0.717, 1.165) is 16.9 Å². The van der Waals surface area contributed by atoms with Crippen LogP contribution in [0.25, 0.3) is 11.0 Å². The number of nitrogens with zero attached hydrogens (tertiary/aromatic N) is 3. The zero-order valence-electron chi connectivity index (χ0n) is 16.8. The maximum Gasteiger partial charge on any atom is 0.227 e. The predicted octanol–water partition coefficient (Wildman–Crippen LogP) is 5.05. The van der Waals surface area contributed by atoms with E-state index in [1.165, 1.54) is 23.3 Å². The van der Waals surface area contributed by atoms with Crippen LogP contribution in [-0.4, -0.2) is 22.0 Å². The Morgan fingerprint density at radius 1 is 1.03 bits per heavy atom. The first-order valence-electron chi connectivity index (χ1n) is 10.1. The van der Waals surface area contributed by atoms with Crippen molar-refractivity contribution in [2.24, 2.45) is 0 Å². The van der Waals surface area contributed by atoms with Gasteiger partial charge in [-0.3, -0.25) is 4.79 Å². The van der Waals surface area contributed by atoms with Crippen LogP contribution in [0.15, 0.2) is 72.8 Å². The van der Waals surface area contributed by atoms with Crippen molar-refractivity contribution in [2.75, 3.05) is 11.4 Å². The number of anilines is 1. The third kappa shape index (κ3) is 3.36. The van der Waals surface area contributed by atoms with Crippen molar-refractivity contribution in [3.63, 3.8) is 0 Å². The molecule has 0 radical (unpaired) electrons. The number of amides is 1. The van der Waals surface area contributed by atoms with Gasteiger partial charge < -0.3 is 9.47 Å². The molecule has 1 saturated heterocycles. The molecule has 5 heteroatoms. The number of imidazole rings is 1. The number of aromatic nitrogens is 2. The summed E-state index contributed by atoms with van der Waals surface area (Å²) in [5.41, 5.74) is 5.00. The summed E-state index contributed by atoms with van der Waals surface area (Å²) in [6, 6.07) is 22.7. The molecule has 30 heavy (non-hydrogen) atoms. The van der Waals surface area contributed by atoms with E-state index < -0.39 is 0 Å². The van der Waals surface area contributed by atoms with E-state index in [4.69, 9.17) is 4.98 Å². The Labute approximate surface area is 174 Å². The average molecular weight is 399 g/mol. The maximum absolute atomic E-state index is 13.7. The minimum absolute atomic E-state index is 0.000221. The fourth-order valence-electron chi connectivity index (χ4n) is 4.34. The van der Waals surface area contributed by atoms with E-state index in [1.54, 1.807) is 17.0 Å². The first-order chi connectivity index (χ1) is 14.6. The first kappa shape index (κ1) is 18.6. The number of benzene rings is 3. The van der Waals surface area contributed by atoms with E-state index >= 15 is 0 Å². The molecule has 0 saturated carbocycles.